The van der Waals surface area contributed by atoms with Gasteiger partial charge in [-0.25, -0.2) is 0 Å². The van der Waals surface area contributed by atoms with E-state index in [0.717, 1.165) is 0 Å². The Hall–Kier alpha value is -6.27. The zero-order chi connectivity index (χ0) is 35.1. The van der Waals surface area contributed by atoms with Gasteiger partial charge < -0.3 is 28.4 Å². The molecule has 0 aliphatic carbocycles. The van der Waals surface area contributed by atoms with Crippen LogP contribution < -0.4 is 30.2 Å². The summed E-state index contributed by atoms with van der Waals surface area (Å²) in [7, 11) is 8.80. The maximum atomic E-state index is 2.50. The maximum Gasteiger partial charge on any atom is 0.417 e. The monoisotopic (exact) mass is 672 g/mol. The molecule has 4 heterocycles. The number of benzene rings is 6. The van der Waals surface area contributed by atoms with Crippen LogP contribution in [0.25, 0.3) is 32.9 Å². The largest absolute Gasteiger partial charge is 0.417 e. The van der Waals surface area contributed by atoms with Gasteiger partial charge in [0.25, 0.3) is 0 Å². The molecule has 0 saturated carbocycles. The molecule has 0 amide bonds. The number of nitrogens with zero attached hydrogens (tertiary/aromatic N) is 6. The highest BCUT2D eigenvalue weighted by atomic mass is 15.4. The van der Waals surface area contributed by atoms with Crippen molar-refractivity contribution in [2.45, 2.75) is 0 Å². The first kappa shape index (κ1) is 30.5. The van der Waals surface area contributed by atoms with Crippen LogP contribution in [-0.4, -0.2) is 37.2 Å². The number of para-hydroxylation sites is 4. The molecule has 8 aromatic rings. The summed E-state index contributed by atoms with van der Waals surface area (Å²) in [5.41, 5.74) is 12.3. The average Bonchev–Trinajstić information content (AvgIpc) is 3.88. The average molecular weight is 672 g/mol. The highest BCUT2D eigenvalue weighted by Gasteiger charge is 2.45. The molecule has 0 fully saturated rings. The molecule has 2 aliphatic rings. The second-order valence-electron chi connectivity index (χ2n) is 14.1. The molecule has 250 valence electrons. The highest BCUT2D eigenvalue weighted by Crippen LogP contribution is 2.49. The summed E-state index contributed by atoms with van der Waals surface area (Å²) in [5, 5.41) is 2.54. The zero-order valence-corrected chi connectivity index (χ0v) is 29.8. The van der Waals surface area contributed by atoms with Gasteiger partial charge in [0.1, 0.15) is 11.6 Å². The van der Waals surface area contributed by atoms with Crippen LogP contribution in [0.2, 0.25) is 0 Å². The lowest BCUT2D eigenvalue weighted by molar-refractivity contribution is 0.955. The minimum absolute atomic E-state index is 0.0271. The molecule has 0 atom stereocenters. The third-order valence-electron chi connectivity index (χ3n) is 11.3. The smallest absolute Gasteiger partial charge is 0.379 e. The molecule has 0 unspecified atom stereocenters. The Balaban J connectivity index is 0.994. The van der Waals surface area contributed by atoms with Gasteiger partial charge in [0.2, 0.25) is 0 Å². The molecule has 0 N–H and O–H groups in total. The summed E-state index contributed by atoms with van der Waals surface area (Å²) >= 11 is 0. The molecule has 0 radical (unpaired) electrons. The van der Waals surface area contributed by atoms with E-state index in [0.29, 0.717) is 0 Å². The molecule has 6 nitrogen and oxygen atoms in total. The summed E-state index contributed by atoms with van der Waals surface area (Å²) in [6.45, 7) is 0.0541. The van der Waals surface area contributed by atoms with Gasteiger partial charge in [-0.2, -0.15) is 0 Å². The van der Waals surface area contributed by atoms with E-state index in [-0.39, 0.29) is 14.0 Å². The summed E-state index contributed by atoms with van der Waals surface area (Å²) in [4.78, 5) is 9.84. The molecule has 0 bridgehead atoms. The first-order chi connectivity index (χ1) is 25.5. The van der Waals surface area contributed by atoms with Gasteiger partial charge in [0.15, 0.2) is 0 Å². The van der Waals surface area contributed by atoms with Crippen molar-refractivity contribution in [2.24, 2.45) is 14.1 Å². The number of hydrogen-bond acceptors (Lipinski definition) is 4. The molecule has 52 heavy (non-hydrogen) atoms. The minimum Gasteiger partial charge on any atom is -0.379 e. The summed E-state index contributed by atoms with van der Waals surface area (Å²) in [6, 6.07) is 57.4. The number of rotatable bonds is 5. The summed E-state index contributed by atoms with van der Waals surface area (Å²) in [6.07, 6.45) is 0. The van der Waals surface area contributed by atoms with Crippen LogP contribution in [0.15, 0.2) is 158 Å². The van der Waals surface area contributed by atoms with Crippen LogP contribution in [0.1, 0.15) is 0 Å². The van der Waals surface area contributed by atoms with Gasteiger partial charge in [-0.3, -0.25) is 0 Å². The van der Waals surface area contributed by atoms with Gasteiger partial charge >= 0.3 is 14.0 Å². The number of anilines is 6. The Bertz CT molecular complexity index is 2410. The van der Waals surface area contributed by atoms with E-state index >= 15 is 0 Å². The van der Waals surface area contributed by atoms with Gasteiger partial charge in [-0.1, -0.05) is 121 Å². The molecule has 0 saturated heterocycles. The topological polar surface area (TPSA) is 22.8 Å². The fourth-order valence-electron chi connectivity index (χ4n) is 8.98. The second kappa shape index (κ2) is 11.6. The van der Waals surface area contributed by atoms with E-state index < -0.39 is 0 Å². The maximum absolute atomic E-state index is 2.50. The van der Waals surface area contributed by atoms with E-state index in [1.54, 1.807) is 0 Å². The van der Waals surface area contributed by atoms with E-state index in [9.17, 15) is 0 Å². The van der Waals surface area contributed by atoms with Crippen LogP contribution in [0.3, 0.4) is 0 Å². The van der Waals surface area contributed by atoms with E-state index in [4.69, 9.17) is 0 Å². The van der Waals surface area contributed by atoms with Crippen molar-refractivity contribution in [1.82, 2.24) is 9.13 Å². The number of aryl methyl sites for hydroxylation is 2. The molecule has 6 aromatic carbocycles. The van der Waals surface area contributed by atoms with Crippen LogP contribution in [0.4, 0.5) is 34.4 Å². The Morgan fingerprint density at radius 1 is 0.365 bits per heavy atom. The summed E-state index contributed by atoms with van der Waals surface area (Å²) < 4.78 is 4.66. The van der Waals surface area contributed by atoms with E-state index in [2.05, 4.69) is 214 Å². The van der Waals surface area contributed by atoms with Gasteiger partial charge in [-0.15, -0.1) is 0 Å². The van der Waals surface area contributed by atoms with Crippen molar-refractivity contribution in [3.05, 3.63) is 158 Å². The van der Waals surface area contributed by atoms with E-state index in [1.165, 1.54) is 78.2 Å². The van der Waals surface area contributed by atoms with Crippen LogP contribution >= 0.6 is 0 Å². The van der Waals surface area contributed by atoms with Crippen molar-refractivity contribution < 1.29 is 0 Å². The molecular formula is C44H38B2N6. The number of hydrogen-bond donors (Lipinski definition) is 0. The van der Waals surface area contributed by atoms with Crippen LogP contribution in [0.5, 0.6) is 0 Å². The molecule has 8 heteroatoms. The molecule has 0 spiro atoms. The SMILES string of the molecule is CN1B(c2ccc(-c3ccc(B4N(C)c5c(c6ccccc6n5C)N4c4ccccc4)cc3)cc2)N(c2ccccc2)c2c1n(C)c1ccccc21. The third-order valence-corrected chi connectivity index (χ3v) is 11.3. The van der Waals surface area contributed by atoms with Crippen molar-refractivity contribution in [1.29, 1.82) is 0 Å². The third kappa shape index (κ3) is 4.33. The second-order valence-corrected chi connectivity index (χ2v) is 14.1. The normalized spacial score (nSPS) is 13.9. The predicted octanol–water partition coefficient (Wildman–Crippen LogP) is 8.30. The fourth-order valence-corrected chi connectivity index (χ4v) is 8.98. The van der Waals surface area contributed by atoms with Crippen molar-refractivity contribution >= 4 is 81.1 Å². The lowest BCUT2D eigenvalue weighted by atomic mass is 9.64. The molecule has 10 rings (SSSR count). The molecular weight excluding hydrogens is 634 g/mol. The van der Waals surface area contributed by atoms with Gasteiger partial charge in [0, 0.05) is 36.2 Å². The van der Waals surface area contributed by atoms with Crippen molar-refractivity contribution in [3.63, 3.8) is 0 Å². The molecule has 2 aliphatic heterocycles. The Morgan fingerprint density at radius 3 is 1.10 bits per heavy atom. The van der Waals surface area contributed by atoms with Gasteiger partial charge in [0.05, 0.1) is 22.4 Å². The zero-order valence-electron chi connectivity index (χ0n) is 29.8. The highest BCUT2D eigenvalue weighted by molar-refractivity contribution is 6.84. The Morgan fingerprint density at radius 2 is 0.712 bits per heavy atom. The minimum atomic E-state index is 0.0271. The van der Waals surface area contributed by atoms with Crippen molar-refractivity contribution in [2.75, 3.05) is 33.3 Å². The first-order valence-electron chi connectivity index (χ1n) is 18.0. The first-order valence-corrected chi connectivity index (χ1v) is 18.0. The van der Waals surface area contributed by atoms with Crippen molar-refractivity contribution in [3.8, 4) is 11.1 Å². The molecule has 2 aromatic heterocycles. The Labute approximate surface area is 305 Å². The number of aromatic nitrogens is 2. The standard InChI is InChI=1S/C44H38B2N6/c1-47-39-21-13-11-19-37(39)41-43(47)49(3)45(51(41)35-15-7-5-8-16-35)33-27-23-31(24-28-33)32-25-29-34(30-26-32)46-50(4)44-42(52(46)36-17-9-6-10-18-36)38-20-12-14-22-40(38)48(44)2/h5-30H,1-4H3. The Kier molecular flexibility index (Phi) is 6.84. The lowest BCUT2D eigenvalue weighted by Gasteiger charge is -2.29. The fraction of sp³-hybridized carbons (Fsp3) is 0.0909. The summed E-state index contributed by atoms with van der Waals surface area (Å²) in [5.74, 6) is 2.46. The van der Waals surface area contributed by atoms with Crippen LogP contribution in [-0.2, 0) is 14.1 Å². The van der Waals surface area contributed by atoms with E-state index in [1.807, 2.05) is 0 Å². The predicted molar refractivity (Wildman–Crippen MR) is 222 cm³/mol. The van der Waals surface area contributed by atoms with Gasteiger partial charge in [-0.05, 0) is 72.5 Å². The van der Waals surface area contributed by atoms with Crippen LogP contribution in [0, 0.1) is 0 Å². The quantitative estimate of drug-likeness (QED) is 0.172. The lowest BCUT2D eigenvalue weighted by Crippen LogP contribution is -2.53. The number of fused-ring (bicyclic) bond motifs is 6.